The molecule has 0 atom stereocenters. The molecule has 1 N–H and O–H groups in total. The maximum Gasteiger partial charge on any atom is 0.144 e. The van der Waals surface area contributed by atoms with E-state index in [1.165, 1.54) is 0 Å². The molecule has 0 radical (unpaired) electrons. The lowest BCUT2D eigenvalue weighted by Gasteiger charge is -2.02. The van der Waals surface area contributed by atoms with Crippen molar-refractivity contribution in [1.29, 1.82) is 0 Å². The predicted octanol–water partition coefficient (Wildman–Crippen LogP) is 2.17. The van der Waals surface area contributed by atoms with Crippen molar-refractivity contribution in [3.8, 4) is 5.75 Å². The van der Waals surface area contributed by atoms with E-state index in [9.17, 15) is 0 Å². The normalized spacial score (nSPS) is 10.7. The van der Waals surface area contributed by atoms with Gasteiger partial charge in [0.05, 0.1) is 7.11 Å². The molecule has 0 saturated heterocycles. The van der Waals surface area contributed by atoms with E-state index in [1.54, 1.807) is 13.3 Å². The number of aliphatic imine (C=N–C) groups is 1. The van der Waals surface area contributed by atoms with Gasteiger partial charge in [-0.2, -0.15) is 0 Å². The van der Waals surface area contributed by atoms with Gasteiger partial charge in [-0.15, -0.1) is 0 Å². The van der Waals surface area contributed by atoms with Crippen LogP contribution in [0.15, 0.2) is 29.3 Å². The Kier molecular flexibility index (Phi) is 4.72. The van der Waals surface area contributed by atoms with Gasteiger partial charge >= 0.3 is 0 Å². The number of ether oxygens (including phenoxy) is 1. The first-order valence-electron chi connectivity index (χ1n) is 4.65. The molecule has 0 aliphatic heterocycles. The van der Waals surface area contributed by atoms with Crippen LogP contribution in [0.2, 0.25) is 0 Å². The minimum atomic E-state index is 0.206. The van der Waals surface area contributed by atoms with Crippen LogP contribution in [-0.4, -0.2) is 25.0 Å². The van der Waals surface area contributed by atoms with Crippen molar-refractivity contribution in [1.82, 2.24) is 0 Å². The van der Waals surface area contributed by atoms with Gasteiger partial charge in [0.1, 0.15) is 11.4 Å². The summed E-state index contributed by atoms with van der Waals surface area (Å²) in [7, 11) is 1.63. The molecular weight excluding hydrogens is 178 g/mol. The Morgan fingerprint density at radius 1 is 1.43 bits per heavy atom. The molecule has 76 valence electrons. The van der Waals surface area contributed by atoms with E-state index in [-0.39, 0.29) is 6.61 Å². The molecule has 1 aromatic carbocycles. The Balaban J connectivity index is 2.61. The fourth-order valence-electron chi connectivity index (χ4n) is 1.08. The number of nitrogens with zero attached hydrogens (tertiary/aromatic N) is 1. The number of hydrogen-bond acceptors (Lipinski definition) is 3. The topological polar surface area (TPSA) is 41.8 Å². The molecule has 3 nitrogen and oxygen atoms in total. The molecule has 0 aliphatic rings. The highest BCUT2D eigenvalue weighted by Gasteiger charge is 1.96. The molecule has 0 saturated carbocycles. The molecule has 1 rings (SSSR count). The minimum Gasteiger partial charge on any atom is -0.494 e. The van der Waals surface area contributed by atoms with Crippen molar-refractivity contribution in [2.45, 2.75) is 12.8 Å². The molecular formula is C11H15NO2. The van der Waals surface area contributed by atoms with Crippen molar-refractivity contribution in [3.05, 3.63) is 24.3 Å². The van der Waals surface area contributed by atoms with E-state index in [4.69, 9.17) is 9.84 Å². The lowest BCUT2D eigenvalue weighted by molar-refractivity contribution is 0.291. The zero-order valence-electron chi connectivity index (χ0n) is 8.31. The molecule has 0 aromatic heterocycles. The van der Waals surface area contributed by atoms with E-state index in [0.29, 0.717) is 0 Å². The summed E-state index contributed by atoms with van der Waals surface area (Å²) in [6, 6.07) is 7.60. The van der Waals surface area contributed by atoms with Crippen LogP contribution >= 0.6 is 0 Å². The van der Waals surface area contributed by atoms with Gasteiger partial charge in [0, 0.05) is 12.8 Å². The standard InChI is InChI=1S/C11H15NO2/c1-14-11-7-3-2-6-10(11)12-8-4-5-9-13/h2-3,6-8,13H,4-5,9H2,1H3. The zero-order valence-corrected chi connectivity index (χ0v) is 8.31. The summed E-state index contributed by atoms with van der Waals surface area (Å²) in [5.41, 5.74) is 0.827. The van der Waals surface area contributed by atoms with Gasteiger partial charge in [0.25, 0.3) is 0 Å². The SMILES string of the molecule is COc1ccccc1N=CCCCO. The zero-order chi connectivity index (χ0) is 10.2. The summed E-state index contributed by atoms with van der Waals surface area (Å²) in [5.74, 6) is 0.771. The van der Waals surface area contributed by atoms with Gasteiger partial charge in [-0.1, -0.05) is 12.1 Å². The lowest BCUT2D eigenvalue weighted by atomic mass is 10.3. The second-order valence-corrected chi connectivity index (χ2v) is 2.85. The van der Waals surface area contributed by atoms with Gasteiger partial charge in [0.2, 0.25) is 0 Å². The molecule has 14 heavy (non-hydrogen) atoms. The Hall–Kier alpha value is -1.35. The van der Waals surface area contributed by atoms with Crippen LogP contribution in [0.25, 0.3) is 0 Å². The van der Waals surface area contributed by atoms with Crippen LogP contribution < -0.4 is 4.74 Å². The number of para-hydroxylation sites is 2. The molecule has 0 amide bonds. The molecule has 0 spiro atoms. The van der Waals surface area contributed by atoms with Crippen LogP contribution in [0.3, 0.4) is 0 Å². The highest BCUT2D eigenvalue weighted by Crippen LogP contribution is 2.25. The second kappa shape index (κ2) is 6.16. The molecule has 0 fully saturated rings. The van der Waals surface area contributed by atoms with E-state index in [0.717, 1.165) is 24.3 Å². The van der Waals surface area contributed by atoms with Gasteiger partial charge in [-0.3, -0.25) is 4.99 Å². The van der Waals surface area contributed by atoms with Gasteiger partial charge in [-0.25, -0.2) is 0 Å². The molecule has 3 heteroatoms. The monoisotopic (exact) mass is 193 g/mol. The summed E-state index contributed by atoms with van der Waals surface area (Å²) in [6.45, 7) is 0.206. The first-order valence-corrected chi connectivity index (χ1v) is 4.65. The maximum atomic E-state index is 8.58. The fraction of sp³-hybridized carbons (Fsp3) is 0.364. The number of methoxy groups -OCH3 is 1. The minimum absolute atomic E-state index is 0.206. The van der Waals surface area contributed by atoms with Crippen LogP contribution in [0.1, 0.15) is 12.8 Å². The number of rotatable bonds is 5. The number of aliphatic hydroxyl groups is 1. The van der Waals surface area contributed by atoms with E-state index in [2.05, 4.69) is 4.99 Å². The van der Waals surface area contributed by atoms with Crippen LogP contribution in [0.5, 0.6) is 5.75 Å². The molecule has 0 unspecified atom stereocenters. The first kappa shape index (κ1) is 10.7. The van der Waals surface area contributed by atoms with Crippen molar-refractivity contribution in [2.75, 3.05) is 13.7 Å². The number of aliphatic hydroxyl groups excluding tert-OH is 1. The molecule has 0 bridgehead atoms. The third-order valence-electron chi connectivity index (χ3n) is 1.81. The quantitative estimate of drug-likeness (QED) is 0.575. The Morgan fingerprint density at radius 2 is 2.21 bits per heavy atom. The van der Waals surface area contributed by atoms with Crippen molar-refractivity contribution in [2.24, 2.45) is 4.99 Å². The Labute approximate surface area is 84.1 Å². The van der Waals surface area contributed by atoms with Crippen molar-refractivity contribution >= 4 is 11.9 Å². The van der Waals surface area contributed by atoms with E-state index < -0.39 is 0 Å². The third-order valence-corrected chi connectivity index (χ3v) is 1.81. The molecule has 1 aromatic rings. The summed E-state index contributed by atoms with van der Waals surface area (Å²) in [4.78, 5) is 4.25. The largest absolute Gasteiger partial charge is 0.494 e. The van der Waals surface area contributed by atoms with Crippen molar-refractivity contribution < 1.29 is 9.84 Å². The predicted molar refractivity (Wildman–Crippen MR) is 57.5 cm³/mol. The summed E-state index contributed by atoms with van der Waals surface area (Å²) < 4.78 is 5.14. The average molecular weight is 193 g/mol. The first-order chi connectivity index (χ1) is 6.88. The smallest absolute Gasteiger partial charge is 0.144 e. The number of benzene rings is 1. The third kappa shape index (κ3) is 3.18. The Bertz CT molecular complexity index is 297. The maximum absolute atomic E-state index is 8.58. The van der Waals surface area contributed by atoms with Crippen LogP contribution in [0.4, 0.5) is 5.69 Å². The summed E-state index contributed by atoms with van der Waals surface area (Å²) in [5, 5.41) is 8.58. The number of unbranched alkanes of at least 4 members (excludes halogenated alkanes) is 1. The lowest BCUT2D eigenvalue weighted by Crippen LogP contribution is -1.84. The molecule has 0 heterocycles. The van der Waals surface area contributed by atoms with Gasteiger partial charge < -0.3 is 9.84 Å². The fourth-order valence-corrected chi connectivity index (χ4v) is 1.08. The highest BCUT2D eigenvalue weighted by atomic mass is 16.5. The van der Waals surface area contributed by atoms with E-state index in [1.807, 2.05) is 24.3 Å². The molecule has 0 aliphatic carbocycles. The Morgan fingerprint density at radius 3 is 2.93 bits per heavy atom. The van der Waals surface area contributed by atoms with Crippen LogP contribution in [0, 0.1) is 0 Å². The highest BCUT2D eigenvalue weighted by molar-refractivity contribution is 5.66. The van der Waals surface area contributed by atoms with Gasteiger partial charge in [-0.05, 0) is 25.0 Å². The number of hydrogen-bond donors (Lipinski definition) is 1. The summed E-state index contributed by atoms with van der Waals surface area (Å²) >= 11 is 0. The van der Waals surface area contributed by atoms with Crippen molar-refractivity contribution in [3.63, 3.8) is 0 Å². The summed E-state index contributed by atoms with van der Waals surface area (Å²) in [6.07, 6.45) is 3.33. The van der Waals surface area contributed by atoms with E-state index >= 15 is 0 Å². The van der Waals surface area contributed by atoms with Gasteiger partial charge in [0.15, 0.2) is 0 Å². The van der Waals surface area contributed by atoms with Crippen LogP contribution in [-0.2, 0) is 0 Å². The average Bonchev–Trinajstić information content (AvgIpc) is 2.25. The second-order valence-electron chi connectivity index (χ2n) is 2.85.